The summed E-state index contributed by atoms with van der Waals surface area (Å²) in [4.78, 5) is 12.2. The number of hydrogen-bond donors (Lipinski definition) is 2. The molecule has 0 saturated heterocycles. The third kappa shape index (κ3) is 5.99. The summed E-state index contributed by atoms with van der Waals surface area (Å²) >= 11 is 0. The van der Waals surface area contributed by atoms with Crippen molar-refractivity contribution in [3.05, 3.63) is 53.1 Å². The summed E-state index contributed by atoms with van der Waals surface area (Å²) in [6.45, 7) is 9.54. The second-order valence-electron chi connectivity index (χ2n) is 7.05. The minimum absolute atomic E-state index is 0.000111. The van der Waals surface area contributed by atoms with Crippen molar-refractivity contribution >= 4 is 27.3 Å². The molecule has 1 amide bonds. The summed E-state index contributed by atoms with van der Waals surface area (Å²) in [7, 11) is -3.34. The van der Waals surface area contributed by atoms with Crippen LogP contribution in [0.5, 0.6) is 5.75 Å². The van der Waals surface area contributed by atoms with Crippen LogP contribution in [0.25, 0.3) is 0 Å². The highest BCUT2D eigenvalue weighted by atomic mass is 32.2. The fraction of sp³-hybridized carbons (Fsp3) is 0.381. The zero-order valence-electron chi connectivity index (χ0n) is 17.0. The highest BCUT2D eigenvalue weighted by Gasteiger charge is 2.11. The molecule has 0 aliphatic rings. The maximum Gasteiger partial charge on any atom is 0.262 e. The molecule has 0 spiro atoms. The number of ether oxygens (including phenoxy) is 1. The molecule has 2 N–H and O–H groups in total. The summed E-state index contributed by atoms with van der Waals surface area (Å²) in [5, 5.41) is 2.76. The van der Waals surface area contributed by atoms with Crippen LogP contribution in [0.2, 0.25) is 0 Å². The van der Waals surface area contributed by atoms with Crippen LogP contribution in [0.3, 0.4) is 0 Å². The molecule has 6 nitrogen and oxygen atoms in total. The van der Waals surface area contributed by atoms with Gasteiger partial charge in [-0.05, 0) is 73.7 Å². The van der Waals surface area contributed by atoms with E-state index in [0.717, 1.165) is 11.1 Å². The summed E-state index contributed by atoms with van der Waals surface area (Å²) in [5.41, 5.74) is 4.18. The molecule has 2 aromatic carbocycles. The largest absolute Gasteiger partial charge is 0.484 e. The second kappa shape index (κ2) is 9.10. The van der Waals surface area contributed by atoms with Gasteiger partial charge >= 0.3 is 0 Å². The van der Waals surface area contributed by atoms with Gasteiger partial charge in [-0.3, -0.25) is 9.52 Å². The molecule has 152 valence electrons. The lowest BCUT2D eigenvalue weighted by Gasteiger charge is -2.13. The van der Waals surface area contributed by atoms with Crippen molar-refractivity contribution in [3.63, 3.8) is 0 Å². The zero-order chi connectivity index (χ0) is 20.9. The van der Waals surface area contributed by atoms with Gasteiger partial charge in [0.1, 0.15) is 5.75 Å². The maximum atomic E-state index is 12.2. The molecule has 7 heteroatoms. The van der Waals surface area contributed by atoms with E-state index in [4.69, 9.17) is 4.74 Å². The van der Waals surface area contributed by atoms with Crippen LogP contribution >= 0.6 is 0 Å². The Morgan fingerprint density at radius 1 is 1.07 bits per heavy atom. The monoisotopic (exact) mass is 404 g/mol. The number of carbonyl (C=O) groups is 1. The van der Waals surface area contributed by atoms with Gasteiger partial charge in [-0.15, -0.1) is 0 Å². The number of carbonyl (C=O) groups excluding carboxylic acids is 1. The van der Waals surface area contributed by atoms with E-state index in [1.54, 1.807) is 32.0 Å². The van der Waals surface area contributed by atoms with Crippen molar-refractivity contribution in [1.29, 1.82) is 0 Å². The lowest BCUT2D eigenvalue weighted by Crippen LogP contribution is -2.20. The van der Waals surface area contributed by atoms with Crippen LogP contribution in [-0.4, -0.2) is 26.7 Å². The lowest BCUT2D eigenvalue weighted by molar-refractivity contribution is -0.118. The van der Waals surface area contributed by atoms with Crippen LogP contribution in [0, 0.1) is 13.8 Å². The molecule has 2 rings (SSSR count). The van der Waals surface area contributed by atoms with Crippen molar-refractivity contribution in [2.75, 3.05) is 22.4 Å². The Morgan fingerprint density at radius 3 is 2.36 bits per heavy atom. The Labute approximate surface area is 167 Å². The average molecular weight is 405 g/mol. The third-order valence-electron chi connectivity index (χ3n) is 4.39. The number of benzene rings is 2. The number of aryl methyl sites for hydroxylation is 2. The van der Waals surface area contributed by atoms with Crippen LogP contribution < -0.4 is 14.8 Å². The van der Waals surface area contributed by atoms with Gasteiger partial charge in [0, 0.05) is 5.69 Å². The Kier molecular flexibility index (Phi) is 7.07. The molecule has 0 aliphatic carbocycles. The number of nitrogens with one attached hydrogen (secondary N) is 2. The summed E-state index contributed by atoms with van der Waals surface area (Å²) < 4.78 is 31.5. The smallest absolute Gasteiger partial charge is 0.262 e. The van der Waals surface area contributed by atoms with Gasteiger partial charge in [0.2, 0.25) is 10.0 Å². The van der Waals surface area contributed by atoms with Gasteiger partial charge in [0.05, 0.1) is 11.4 Å². The van der Waals surface area contributed by atoms with E-state index in [-0.39, 0.29) is 18.3 Å². The van der Waals surface area contributed by atoms with Crippen molar-refractivity contribution in [2.45, 2.75) is 40.5 Å². The van der Waals surface area contributed by atoms with Crippen molar-refractivity contribution in [3.8, 4) is 5.75 Å². The Balaban J connectivity index is 1.96. The summed E-state index contributed by atoms with van der Waals surface area (Å²) in [5.74, 6) is 0.801. The molecule has 0 fully saturated rings. The van der Waals surface area contributed by atoms with Gasteiger partial charge in [0.15, 0.2) is 6.61 Å². The molecule has 0 heterocycles. The fourth-order valence-corrected chi connectivity index (χ4v) is 3.54. The lowest BCUT2D eigenvalue weighted by atomic mass is 9.98. The quantitative estimate of drug-likeness (QED) is 0.690. The van der Waals surface area contributed by atoms with E-state index in [2.05, 4.69) is 23.9 Å². The van der Waals surface area contributed by atoms with Crippen LogP contribution in [0.15, 0.2) is 36.4 Å². The molecule has 0 aliphatic heterocycles. The molecule has 2 aromatic rings. The topological polar surface area (TPSA) is 84.5 Å². The van der Waals surface area contributed by atoms with Gasteiger partial charge < -0.3 is 10.1 Å². The number of sulfonamides is 1. The predicted octanol–water partition coefficient (Wildman–Crippen LogP) is 4.21. The second-order valence-corrected chi connectivity index (χ2v) is 9.06. The number of amides is 1. The first-order valence-corrected chi connectivity index (χ1v) is 10.9. The molecular weight excluding hydrogens is 376 g/mol. The molecule has 0 unspecified atom stereocenters. The SMILES string of the molecule is CCS(=O)(=O)Nc1ccc(NC(=O)COc2ccc(C(C)C)c(C)c2)cc1C. The number of rotatable bonds is 8. The Bertz CT molecular complexity index is 953. The molecule has 0 bridgehead atoms. The molecular formula is C21H28N2O4S. The number of anilines is 2. The molecule has 0 atom stereocenters. The van der Waals surface area contributed by atoms with E-state index in [1.807, 2.05) is 25.1 Å². The minimum Gasteiger partial charge on any atom is -0.484 e. The average Bonchev–Trinajstić information content (AvgIpc) is 2.62. The van der Waals surface area contributed by atoms with Crippen LogP contribution in [0.1, 0.15) is 43.4 Å². The fourth-order valence-electron chi connectivity index (χ4n) is 2.83. The normalized spacial score (nSPS) is 11.4. The maximum absolute atomic E-state index is 12.2. The first-order chi connectivity index (χ1) is 13.1. The van der Waals surface area contributed by atoms with Crippen LogP contribution in [-0.2, 0) is 14.8 Å². The van der Waals surface area contributed by atoms with E-state index in [0.29, 0.717) is 23.0 Å². The third-order valence-corrected chi connectivity index (χ3v) is 5.68. The van der Waals surface area contributed by atoms with Gasteiger partial charge in [0.25, 0.3) is 5.91 Å². The highest BCUT2D eigenvalue weighted by molar-refractivity contribution is 7.92. The molecule has 0 saturated carbocycles. The molecule has 28 heavy (non-hydrogen) atoms. The Hall–Kier alpha value is -2.54. The van der Waals surface area contributed by atoms with Crippen LogP contribution in [0.4, 0.5) is 11.4 Å². The van der Waals surface area contributed by atoms with Crippen molar-refractivity contribution < 1.29 is 17.9 Å². The van der Waals surface area contributed by atoms with E-state index < -0.39 is 10.0 Å². The minimum atomic E-state index is -3.34. The summed E-state index contributed by atoms with van der Waals surface area (Å²) in [6, 6.07) is 10.8. The molecule has 0 aromatic heterocycles. The van der Waals surface area contributed by atoms with Crippen molar-refractivity contribution in [2.24, 2.45) is 0 Å². The zero-order valence-corrected chi connectivity index (χ0v) is 17.8. The van der Waals surface area contributed by atoms with E-state index in [9.17, 15) is 13.2 Å². The standard InChI is InChI=1S/C21H28N2O4S/c1-6-28(25,26)23-20-10-7-17(11-16(20)5)22-21(24)13-27-18-8-9-19(14(2)3)15(4)12-18/h7-12,14,23H,6,13H2,1-5H3,(H,22,24). The van der Waals surface area contributed by atoms with Gasteiger partial charge in [-0.25, -0.2) is 8.42 Å². The summed E-state index contributed by atoms with van der Waals surface area (Å²) in [6.07, 6.45) is 0. The van der Waals surface area contributed by atoms with Gasteiger partial charge in [-0.2, -0.15) is 0 Å². The first kappa shape index (κ1) is 21.8. The Morgan fingerprint density at radius 2 is 1.79 bits per heavy atom. The van der Waals surface area contributed by atoms with Crippen molar-refractivity contribution in [1.82, 2.24) is 0 Å². The first-order valence-electron chi connectivity index (χ1n) is 9.25. The predicted molar refractivity (Wildman–Crippen MR) is 114 cm³/mol. The molecule has 0 radical (unpaired) electrons. The highest BCUT2D eigenvalue weighted by Crippen LogP contribution is 2.24. The van der Waals surface area contributed by atoms with E-state index >= 15 is 0 Å². The van der Waals surface area contributed by atoms with E-state index in [1.165, 1.54) is 5.56 Å². The van der Waals surface area contributed by atoms with Gasteiger partial charge in [-0.1, -0.05) is 19.9 Å². The number of hydrogen-bond acceptors (Lipinski definition) is 4.